The van der Waals surface area contributed by atoms with Crippen molar-refractivity contribution >= 4 is 6.03 Å². The smallest absolute Gasteiger partial charge is 0.318 e. The number of urea groups is 1. The van der Waals surface area contributed by atoms with Gasteiger partial charge in [-0.3, -0.25) is 0 Å². The van der Waals surface area contributed by atoms with E-state index in [2.05, 4.69) is 10.6 Å². The average molecular weight is 183 g/mol. The third kappa shape index (κ3) is 1.77. The summed E-state index contributed by atoms with van der Waals surface area (Å²) in [6.45, 7) is 4.97. The lowest BCUT2D eigenvalue weighted by Crippen LogP contribution is -2.47. The summed E-state index contributed by atoms with van der Waals surface area (Å²) in [6, 6.07) is 0.842. The maximum Gasteiger partial charge on any atom is 0.318 e. The molecule has 0 aliphatic carbocycles. The first-order chi connectivity index (χ1) is 6.27. The number of hydrogen-bond acceptors (Lipinski definition) is 2. The lowest BCUT2D eigenvalue weighted by molar-refractivity contribution is 0.184. The number of hydrogen-bond donors (Lipinski definition) is 2. The van der Waals surface area contributed by atoms with Crippen LogP contribution in [0, 0.1) is 0 Å². The van der Waals surface area contributed by atoms with E-state index in [0.29, 0.717) is 12.1 Å². The average Bonchev–Trinajstić information content (AvgIpc) is 2.47. The van der Waals surface area contributed by atoms with Crippen LogP contribution in [0.4, 0.5) is 4.79 Å². The summed E-state index contributed by atoms with van der Waals surface area (Å²) >= 11 is 0. The molecule has 0 aromatic heterocycles. The molecule has 0 aromatic rings. The molecule has 0 saturated carbocycles. The molecule has 2 amide bonds. The molecule has 2 unspecified atom stereocenters. The molecule has 2 heterocycles. The van der Waals surface area contributed by atoms with Crippen LogP contribution in [-0.2, 0) is 0 Å². The van der Waals surface area contributed by atoms with Gasteiger partial charge in [0.15, 0.2) is 0 Å². The maximum atomic E-state index is 11.5. The van der Waals surface area contributed by atoms with Crippen molar-refractivity contribution in [1.29, 1.82) is 0 Å². The number of carbonyl (C=O) groups excluding carboxylic acids is 1. The molecule has 2 fully saturated rings. The van der Waals surface area contributed by atoms with E-state index in [9.17, 15) is 4.79 Å². The minimum Gasteiger partial charge on any atom is -0.334 e. The van der Waals surface area contributed by atoms with E-state index in [1.165, 1.54) is 6.42 Å². The number of rotatable bonds is 1. The Hall–Kier alpha value is -0.770. The molecule has 4 heteroatoms. The highest BCUT2D eigenvalue weighted by atomic mass is 16.2. The lowest BCUT2D eigenvalue weighted by Gasteiger charge is -2.30. The van der Waals surface area contributed by atoms with Crippen LogP contribution in [-0.4, -0.2) is 42.6 Å². The van der Waals surface area contributed by atoms with Crippen molar-refractivity contribution in [3.05, 3.63) is 0 Å². The van der Waals surface area contributed by atoms with Gasteiger partial charge in [0, 0.05) is 25.2 Å². The number of amides is 2. The Bertz CT molecular complexity index is 201. The summed E-state index contributed by atoms with van der Waals surface area (Å²) in [4.78, 5) is 13.4. The van der Waals surface area contributed by atoms with Crippen molar-refractivity contribution in [3.63, 3.8) is 0 Å². The second kappa shape index (κ2) is 3.54. The van der Waals surface area contributed by atoms with Crippen molar-refractivity contribution in [2.75, 3.05) is 19.6 Å². The lowest BCUT2D eigenvalue weighted by atomic mass is 10.1. The minimum absolute atomic E-state index is 0.112. The Labute approximate surface area is 78.7 Å². The third-order valence-electron chi connectivity index (χ3n) is 2.81. The fraction of sp³-hybridized carbons (Fsp3) is 0.889. The number of piperidine rings is 1. The molecule has 0 radical (unpaired) electrons. The summed E-state index contributed by atoms with van der Waals surface area (Å²) in [6.07, 6.45) is 2.33. The zero-order valence-corrected chi connectivity index (χ0v) is 8.05. The van der Waals surface area contributed by atoms with E-state index >= 15 is 0 Å². The van der Waals surface area contributed by atoms with Crippen LogP contribution in [0.15, 0.2) is 0 Å². The van der Waals surface area contributed by atoms with Gasteiger partial charge in [-0.2, -0.15) is 0 Å². The highest BCUT2D eigenvalue weighted by molar-refractivity contribution is 5.77. The predicted octanol–water partition coefficient (Wildman–Crippen LogP) is 0.152. The largest absolute Gasteiger partial charge is 0.334 e. The van der Waals surface area contributed by atoms with Crippen LogP contribution in [0.1, 0.15) is 19.8 Å². The number of carbonyl (C=O) groups is 1. The molecular formula is C9H17N3O. The van der Waals surface area contributed by atoms with Gasteiger partial charge in [-0.1, -0.05) is 0 Å². The molecule has 4 nitrogen and oxygen atoms in total. The van der Waals surface area contributed by atoms with Crippen molar-refractivity contribution < 1.29 is 4.79 Å². The van der Waals surface area contributed by atoms with Crippen molar-refractivity contribution in [2.24, 2.45) is 0 Å². The van der Waals surface area contributed by atoms with Crippen LogP contribution < -0.4 is 10.6 Å². The molecule has 2 rings (SSSR count). The van der Waals surface area contributed by atoms with Crippen LogP contribution in [0.25, 0.3) is 0 Å². The van der Waals surface area contributed by atoms with E-state index in [1.54, 1.807) is 0 Å². The zero-order valence-electron chi connectivity index (χ0n) is 8.05. The quantitative estimate of drug-likeness (QED) is 0.608. The number of nitrogens with one attached hydrogen (secondary N) is 2. The van der Waals surface area contributed by atoms with E-state index in [-0.39, 0.29) is 6.03 Å². The predicted molar refractivity (Wildman–Crippen MR) is 50.6 cm³/mol. The fourth-order valence-electron chi connectivity index (χ4n) is 2.13. The summed E-state index contributed by atoms with van der Waals surface area (Å²) < 4.78 is 0. The molecular weight excluding hydrogens is 166 g/mol. The van der Waals surface area contributed by atoms with Gasteiger partial charge in [0.05, 0.1) is 0 Å². The standard InChI is InChI=1S/C9H17N3O/c1-7-6-12(9(13)11-7)8-3-2-4-10-5-8/h7-8,10H,2-6H2,1H3,(H,11,13). The van der Waals surface area contributed by atoms with E-state index in [1.807, 2.05) is 11.8 Å². The van der Waals surface area contributed by atoms with Crippen LogP contribution in [0.5, 0.6) is 0 Å². The second-order valence-electron chi connectivity index (χ2n) is 4.00. The summed E-state index contributed by atoms with van der Waals surface area (Å²) in [5.74, 6) is 0. The van der Waals surface area contributed by atoms with Crippen LogP contribution in [0.2, 0.25) is 0 Å². The molecule has 2 atom stereocenters. The summed E-state index contributed by atoms with van der Waals surface area (Å²) in [7, 11) is 0. The van der Waals surface area contributed by atoms with Gasteiger partial charge >= 0.3 is 6.03 Å². The second-order valence-corrected chi connectivity index (χ2v) is 4.00. The van der Waals surface area contributed by atoms with Crippen molar-refractivity contribution in [1.82, 2.24) is 15.5 Å². The van der Waals surface area contributed by atoms with Gasteiger partial charge in [0.25, 0.3) is 0 Å². The third-order valence-corrected chi connectivity index (χ3v) is 2.81. The fourth-order valence-corrected chi connectivity index (χ4v) is 2.13. The van der Waals surface area contributed by atoms with Gasteiger partial charge in [-0.25, -0.2) is 4.79 Å². The van der Waals surface area contributed by atoms with E-state index in [4.69, 9.17) is 0 Å². The molecule has 0 aromatic carbocycles. The van der Waals surface area contributed by atoms with Crippen LogP contribution >= 0.6 is 0 Å². The van der Waals surface area contributed by atoms with Gasteiger partial charge in [0.2, 0.25) is 0 Å². The summed E-state index contributed by atoms with van der Waals surface area (Å²) in [5.41, 5.74) is 0. The highest BCUT2D eigenvalue weighted by Crippen LogP contribution is 2.14. The Kier molecular flexibility index (Phi) is 2.40. The van der Waals surface area contributed by atoms with Gasteiger partial charge in [-0.15, -0.1) is 0 Å². The van der Waals surface area contributed by atoms with Crippen LogP contribution in [0.3, 0.4) is 0 Å². The van der Waals surface area contributed by atoms with Crippen molar-refractivity contribution in [2.45, 2.75) is 31.8 Å². The number of nitrogens with zero attached hydrogens (tertiary/aromatic N) is 1. The first-order valence-electron chi connectivity index (χ1n) is 5.05. The highest BCUT2D eigenvalue weighted by Gasteiger charge is 2.31. The SMILES string of the molecule is CC1CN(C2CCCNC2)C(=O)N1. The normalized spacial score (nSPS) is 34.8. The maximum absolute atomic E-state index is 11.5. The molecule has 2 N–H and O–H groups in total. The van der Waals surface area contributed by atoms with Gasteiger partial charge < -0.3 is 15.5 Å². The topological polar surface area (TPSA) is 44.4 Å². The van der Waals surface area contributed by atoms with E-state index < -0.39 is 0 Å². The molecule has 13 heavy (non-hydrogen) atoms. The molecule has 74 valence electrons. The zero-order chi connectivity index (χ0) is 9.26. The van der Waals surface area contributed by atoms with Gasteiger partial charge in [-0.05, 0) is 26.3 Å². The monoisotopic (exact) mass is 183 g/mol. The van der Waals surface area contributed by atoms with E-state index in [0.717, 1.165) is 26.1 Å². The molecule has 0 spiro atoms. The van der Waals surface area contributed by atoms with Gasteiger partial charge in [0.1, 0.15) is 0 Å². The summed E-state index contributed by atoms with van der Waals surface area (Å²) in [5, 5.41) is 6.25. The first kappa shape index (κ1) is 8.81. The Morgan fingerprint density at radius 2 is 2.38 bits per heavy atom. The molecule has 0 bridgehead atoms. The Balaban J connectivity index is 1.95. The first-order valence-corrected chi connectivity index (χ1v) is 5.05. The Morgan fingerprint density at radius 1 is 1.54 bits per heavy atom. The minimum atomic E-state index is 0.112. The molecule has 2 aliphatic rings. The van der Waals surface area contributed by atoms with Crippen molar-refractivity contribution in [3.8, 4) is 0 Å². The molecule has 2 saturated heterocycles. The molecule has 2 aliphatic heterocycles. The Morgan fingerprint density at radius 3 is 2.92 bits per heavy atom.